The molecule has 5 nitrogen and oxygen atoms in total. The molecule has 0 spiro atoms. The van der Waals surface area contributed by atoms with Crippen LogP contribution in [0.1, 0.15) is 16.1 Å². The minimum absolute atomic E-state index is 0.0724. The Bertz CT molecular complexity index is 308. The summed E-state index contributed by atoms with van der Waals surface area (Å²) in [5.74, 6) is -0.414. The van der Waals surface area contributed by atoms with Crippen molar-refractivity contribution >= 4 is 5.97 Å². The van der Waals surface area contributed by atoms with Gasteiger partial charge in [0.15, 0.2) is 0 Å². The lowest BCUT2D eigenvalue weighted by Gasteiger charge is -2.12. The van der Waals surface area contributed by atoms with Gasteiger partial charge in [-0.25, -0.2) is 4.79 Å². The predicted molar refractivity (Wildman–Crippen MR) is 49.1 cm³/mol. The van der Waals surface area contributed by atoms with Crippen LogP contribution in [0.2, 0.25) is 0 Å². The summed E-state index contributed by atoms with van der Waals surface area (Å²) in [5, 5.41) is 17.3. The highest BCUT2D eigenvalue weighted by Gasteiger charge is 2.09. The number of likely N-dealkylation sites (N-methyl/N-ethyl adjacent to an activating group) is 1. The first-order chi connectivity index (χ1) is 6.63. The number of hydrogen-bond acceptors (Lipinski definition) is 4. The highest BCUT2D eigenvalue weighted by Crippen LogP contribution is 2.09. The Morgan fingerprint density at radius 1 is 1.64 bits per heavy atom. The van der Waals surface area contributed by atoms with E-state index in [1.807, 2.05) is 11.9 Å². The van der Waals surface area contributed by atoms with E-state index in [4.69, 9.17) is 14.6 Å². The van der Waals surface area contributed by atoms with Gasteiger partial charge in [-0.1, -0.05) is 0 Å². The maximum Gasteiger partial charge on any atom is 0.338 e. The van der Waals surface area contributed by atoms with E-state index in [1.165, 1.54) is 12.3 Å². The topological polar surface area (TPSA) is 73.9 Å². The van der Waals surface area contributed by atoms with Crippen LogP contribution < -0.4 is 0 Å². The van der Waals surface area contributed by atoms with Crippen LogP contribution in [0.3, 0.4) is 0 Å². The Morgan fingerprint density at radius 2 is 2.36 bits per heavy atom. The molecule has 5 heteroatoms. The van der Waals surface area contributed by atoms with Crippen molar-refractivity contribution in [3.63, 3.8) is 0 Å². The average molecular weight is 199 g/mol. The van der Waals surface area contributed by atoms with E-state index in [0.29, 0.717) is 18.8 Å². The lowest BCUT2D eigenvalue weighted by molar-refractivity contribution is 0.0696. The van der Waals surface area contributed by atoms with E-state index in [-0.39, 0.29) is 12.2 Å². The maximum atomic E-state index is 10.5. The van der Waals surface area contributed by atoms with Crippen LogP contribution in [-0.2, 0) is 6.54 Å². The Hall–Kier alpha value is -1.33. The molecule has 0 saturated carbocycles. The molecule has 0 aliphatic carbocycles. The van der Waals surface area contributed by atoms with Crippen molar-refractivity contribution in [2.45, 2.75) is 6.54 Å². The van der Waals surface area contributed by atoms with Gasteiger partial charge in [-0.15, -0.1) is 0 Å². The number of aliphatic hydroxyl groups excluding tert-OH is 1. The smallest absolute Gasteiger partial charge is 0.338 e. The zero-order valence-corrected chi connectivity index (χ0v) is 7.93. The first kappa shape index (κ1) is 10.7. The fraction of sp³-hybridized carbons (Fsp3) is 0.444. The first-order valence-corrected chi connectivity index (χ1v) is 4.23. The van der Waals surface area contributed by atoms with Crippen molar-refractivity contribution < 1.29 is 19.4 Å². The van der Waals surface area contributed by atoms with Crippen LogP contribution in [0.15, 0.2) is 16.7 Å². The standard InChI is InChI=1S/C9H13NO4/c1-10(2-3-11)5-8-4-7(6-14-8)9(12)13/h4,6,11H,2-3,5H2,1H3,(H,12,13). The molecule has 0 saturated heterocycles. The lowest BCUT2D eigenvalue weighted by Crippen LogP contribution is -2.21. The number of aromatic carboxylic acids is 1. The Kier molecular flexibility index (Phi) is 3.67. The highest BCUT2D eigenvalue weighted by molar-refractivity contribution is 5.87. The van der Waals surface area contributed by atoms with Gasteiger partial charge in [0, 0.05) is 6.54 Å². The molecule has 0 aliphatic heterocycles. The van der Waals surface area contributed by atoms with E-state index < -0.39 is 5.97 Å². The van der Waals surface area contributed by atoms with Gasteiger partial charge >= 0.3 is 5.97 Å². The molecule has 0 fully saturated rings. The predicted octanol–water partition coefficient (Wildman–Crippen LogP) is 0.402. The zero-order chi connectivity index (χ0) is 10.6. The van der Waals surface area contributed by atoms with Crippen LogP contribution in [-0.4, -0.2) is 41.3 Å². The SMILES string of the molecule is CN(CCO)Cc1cc(C(=O)O)co1. The van der Waals surface area contributed by atoms with E-state index >= 15 is 0 Å². The molecule has 0 unspecified atom stereocenters. The Balaban J connectivity index is 2.55. The molecule has 2 N–H and O–H groups in total. The quantitative estimate of drug-likeness (QED) is 0.718. The molecular formula is C9H13NO4. The molecule has 1 heterocycles. The van der Waals surface area contributed by atoms with Crippen LogP contribution >= 0.6 is 0 Å². The van der Waals surface area contributed by atoms with Crippen LogP contribution in [0.5, 0.6) is 0 Å². The van der Waals surface area contributed by atoms with Crippen LogP contribution in [0, 0.1) is 0 Å². The third-order valence-electron chi connectivity index (χ3n) is 1.81. The van der Waals surface area contributed by atoms with Gasteiger partial charge in [-0.2, -0.15) is 0 Å². The molecule has 0 amide bonds. The average Bonchev–Trinajstić information content (AvgIpc) is 2.53. The number of furan rings is 1. The zero-order valence-electron chi connectivity index (χ0n) is 7.93. The molecule has 0 bridgehead atoms. The van der Waals surface area contributed by atoms with E-state index in [1.54, 1.807) is 0 Å². The largest absolute Gasteiger partial charge is 0.478 e. The van der Waals surface area contributed by atoms with Gasteiger partial charge in [0.1, 0.15) is 12.0 Å². The Labute approximate surface area is 81.6 Å². The van der Waals surface area contributed by atoms with Gasteiger partial charge in [0.2, 0.25) is 0 Å². The van der Waals surface area contributed by atoms with E-state index in [9.17, 15) is 4.79 Å². The molecule has 14 heavy (non-hydrogen) atoms. The van der Waals surface area contributed by atoms with Crippen molar-refractivity contribution in [2.75, 3.05) is 20.2 Å². The number of aliphatic hydroxyl groups is 1. The number of carbonyl (C=O) groups is 1. The van der Waals surface area contributed by atoms with Gasteiger partial charge in [-0.05, 0) is 13.1 Å². The number of carboxylic acid groups (broad SMARTS) is 1. The van der Waals surface area contributed by atoms with Gasteiger partial charge in [0.05, 0.1) is 18.7 Å². The van der Waals surface area contributed by atoms with Crippen molar-refractivity contribution in [2.24, 2.45) is 0 Å². The fourth-order valence-corrected chi connectivity index (χ4v) is 1.09. The van der Waals surface area contributed by atoms with Crippen molar-refractivity contribution in [3.05, 3.63) is 23.7 Å². The van der Waals surface area contributed by atoms with Crippen molar-refractivity contribution in [1.82, 2.24) is 4.90 Å². The number of hydrogen-bond donors (Lipinski definition) is 2. The second-order valence-corrected chi connectivity index (χ2v) is 3.07. The second-order valence-electron chi connectivity index (χ2n) is 3.07. The minimum atomic E-state index is -0.996. The van der Waals surface area contributed by atoms with Crippen molar-refractivity contribution in [1.29, 1.82) is 0 Å². The molecule has 0 radical (unpaired) electrons. The summed E-state index contributed by atoms with van der Waals surface area (Å²) in [4.78, 5) is 12.3. The van der Waals surface area contributed by atoms with E-state index in [2.05, 4.69) is 0 Å². The second kappa shape index (κ2) is 4.78. The molecule has 1 rings (SSSR count). The van der Waals surface area contributed by atoms with Gasteiger partial charge in [0.25, 0.3) is 0 Å². The fourth-order valence-electron chi connectivity index (χ4n) is 1.09. The third-order valence-corrected chi connectivity index (χ3v) is 1.81. The van der Waals surface area contributed by atoms with Crippen molar-refractivity contribution in [3.8, 4) is 0 Å². The molecule has 0 aromatic carbocycles. The third kappa shape index (κ3) is 2.86. The number of nitrogens with zero attached hydrogens (tertiary/aromatic N) is 1. The summed E-state index contributed by atoms with van der Waals surface area (Å²) >= 11 is 0. The molecule has 0 aliphatic rings. The monoisotopic (exact) mass is 199 g/mol. The lowest BCUT2D eigenvalue weighted by atomic mass is 10.3. The first-order valence-electron chi connectivity index (χ1n) is 4.23. The highest BCUT2D eigenvalue weighted by atomic mass is 16.4. The molecule has 0 atom stereocenters. The van der Waals surface area contributed by atoms with Gasteiger partial charge < -0.3 is 14.6 Å². The number of rotatable bonds is 5. The summed E-state index contributed by atoms with van der Waals surface area (Å²) in [6, 6.07) is 1.48. The summed E-state index contributed by atoms with van der Waals surface area (Å²) in [5.41, 5.74) is 0.150. The summed E-state index contributed by atoms with van der Waals surface area (Å²) in [7, 11) is 1.82. The molecule has 78 valence electrons. The summed E-state index contributed by atoms with van der Waals surface area (Å²) in [6.07, 6.45) is 1.21. The molecule has 1 aromatic rings. The summed E-state index contributed by atoms with van der Waals surface area (Å²) < 4.78 is 5.04. The van der Waals surface area contributed by atoms with Crippen LogP contribution in [0.4, 0.5) is 0 Å². The van der Waals surface area contributed by atoms with Gasteiger partial charge in [-0.3, -0.25) is 4.90 Å². The summed E-state index contributed by atoms with van der Waals surface area (Å²) in [6.45, 7) is 1.10. The normalized spacial score (nSPS) is 10.8. The molecule has 1 aromatic heterocycles. The van der Waals surface area contributed by atoms with Crippen LogP contribution in [0.25, 0.3) is 0 Å². The molecular weight excluding hydrogens is 186 g/mol. The maximum absolute atomic E-state index is 10.5. The Morgan fingerprint density at radius 3 is 2.86 bits per heavy atom. The number of carboxylic acids is 1. The minimum Gasteiger partial charge on any atom is -0.478 e. The van der Waals surface area contributed by atoms with E-state index in [0.717, 1.165) is 0 Å².